The van der Waals surface area contributed by atoms with Crippen LogP contribution in [0.3, 0.4) is 0 Å². The third kappa shape index (κ3) is 2.20. The largest absolute Gasteiger partial charge is 0.497 e. The standard InChI is InChI=1S/C17H16N4O3/c1-5-9-21-16(22)13-15(20(3)17(21)23)18-14(19(13)2)11-7-6-8-12(10-11)24-4/h1,6-8,10H,9H2,2-4H3. The number of imidazole rings is 1. The fourth-order valence-corrected chi connectivity index (χ4v) is 2.69. The molecule has 0 atom stereocenters. The number of fused-ring (bicyclic) bond motifs is 1. The van der Waals surface area contributed by atoms with Crippen LogP contribution in [0.15, 0.2) is 33.9 Å². The minimum absolute atomic E-state index is 0.0822. The number of rotatable bonds is 3. The summed E-state index contributed by atoms with van der Waals surface area (Å²) >= 11 is 0. The van der Waals surface area contributed by atoms with E-state index in [4.69, 9.17) is 11.2 Å². The first-order valence-corrected chi connectivity index (χ1v) is 7.23. The van der Waals surface area contributed by atoms with Crippen LogP contribution in [0.1, 0.15) is 0 Å². The summed E-state index contributed by atoms with van der Waals surface area (Å²) in [5.74, 6) is 3.58. The molecule has 7 heteroatoms. The summed E-state index contributed by atoms with van der Waals surface area (Å²) in [6, 6.07) is 7.34. The topological polar surface area (TPSA) is 71.1 Å². The fraction of sp³-hybridized carbons (Fsp3) is 0.235. The molecule has 122 valence electrons. The maximum absolute atomic E-state index is 12.6. The van der Waals surface area contributed by atoms with E-state index in [9.17, 15) is 9.59 Å². The van der Waals surface area contributed by atoms with E-state index in [1.54, 1.807) is 25.8 Å². The van der Waals surface area contributed by atoms with Crippen molar-refractivity contribution in [2.45, 2.75) is 6.54 Å². The van der Waals surface area contributed by atoms with Crippen molar-refractivity contribution in [3.05, 3.63) is 45.1 Å². The van der Waals surface area contributed by atoms with Gasteiger partial charge in [0.15, 0.2) is 11.2 Å². The Morgan fingerprint density at radius 2 is 2.00 bits per heavy atom. The molecule has 2 heterocycles. The highest BCUT2D eigenvalue weighted by atomic mass is 16.5. The second-order valence-electron chi connectivity index (χ2n) is 5.34. The number of terminal acetylenes is 1. The molecular formula is C17H16N4O3. The molecule has 0 fully saturated rings. The molecule has 2 aromatic heterocycles. The molecule has 0 unspecified atom stereocenters. The number of nitrogens with zero attached hydrogens (tertiary/aromatic N) is 4. The van der Waals surface area contributed by atoms with Gasteiger partial charge in [0, 0.05) is 19.7 Å². The summed E-state index contributed by atoms with van der Waals surface area (Å²) in [6.07, 6.45) is 5.26. The zero-order valence-electron chi connectivity index (χ0n) is 13.6. The van der Waals surface area contributed by atoms with Crippen molar-refractivity contribution in [1.82, 2.24) is 18.7 Å². The molecule has 1 aromatic carbocycles. The number of hydrogen-bond donors (Lipinski definition) is 0. The summed E-state index contributed by atoms with van der Waals surface area (Å²) in [6.45, 7) is -0.0822. The van der Waals surface area contributed by atoms with Gasteiger partial charge >= 0.3 is 5.69 Å². The molecule has 3 rings (SSSR count). The average Bonchev–Trinajstić information content (AvgIpc) is 2.94. The molecule has 24 heavy (non-hydrogen) atoms. The Morgan fingerprint density at radius 1 is 1.25 bits per heavy atom. The Morgan fingerprint density at radius 3 is 2.67 bits per heavy atom. The highest BCUT2D eigenvalue weighted by Gasteiger charge is 2.19. The molecule has 0 bridgehead atoms. The van der Waals surface area contributed by atoms with Crippen molar-refractivity contribution >= 4 is 11.2 Å². The monoisotopic (exact) mass is 324 g/mol. The minimum atomic E-state index is -0.485. The van der Waals surface area contributed by atoms with E-state index in [0.717, 1.165) is 10.1 Å². The van der Waals surface area contributed by atoms with Gasteiger partial charge in [0.25, 0.3) is 5.56 Å². The molecule has 0 radical (unpaired) electrons. The summed E-state index contributed by atoms with van der Waals surface area (Å²) in [4.78, 5) is 29.4. The molecule has 0 N–H and O–H groups in total. The first-order chi connectivity index (χ1) is 11.5. The highest BCUT2D eigenvalue weighted by molar-refractivity contribution is 5.77. The van der Waals surface area contributed by atoms with E-state index < -0.39 is 11.2 Å². The van der Waals surface area contributed by atoms with Crippen LogP contribution in [0.5, 0.6) is 5.75 Å². The quantitative estimate of drug-likeness (QED) is 0.666. The summed E-state index contributed by atoms with van der Waals surface area (Å²) in [5, 5.41) is 0. The Kier molecular flexibility index (Phi) is 3.73. The maximum atomic E-state index is 12.6. The number of ether oxygens (including phenoxy) is 1. The Labute approximate surface area is 137 Å². The average molecular weight is 324 g/mol. The predicted octanol–water partition coefficient (Wildman–Crippen LogP) is 0.742. The first-order valence-electron chi connectivity index (χ1n) is 7.23. The molecule has 0 amide bonds. The normalized spacial score (nSPS) is 10.8. The van der Waals surface area contributed by atoms with Crippen molar-refractivity contribution < 1.29 is 4.74 Å². The van der Waals surface area contributed by atoms with Crippen LogP contribution in [0.4, 0.5) is 0 Å². The zero-order valence-corrected chi connectivity index (χ0v) is 13.6. The van der Waals surface area contributed by atoms with Crippen LogP contribution in [-0.4, -0.2) is 25.8 Å². The van der Waals surface area contributed by atoms with Crippen molar-refractivity contribution in [2.75, 3.05) is 7.11 Å². The van der Waals surface area contributed by atoms with Gasteiger partial charge < -0.3 is 9.30 Å². The van der Waals surface area contributed by atoms with Gasteiger partial charge in [-0.15, -0.1) is 6.42 Å². The van der Waals surface area contributed by atoms with E-state index in [2.05, 4.69) is 10.9 Å². The van der Waals surface area contributed by atoms with Gasteiger partial charge in [-0.05, 0) is 12.1 Å². The van der Waals surface area contributed by atoms with Gasteiger partial charge in [-0.3, -0.25) is 9.36 Å². The van der Waals surface area contributed by atoms with Gasteiger partial charge in [0.1, 0.15) is 11.6 Å². The molecule has 3 aromatic rings. The molecule has 0 aliphatic carbocycles. The third-order valence-corrected chi connectivity index (χ3v) is 3.94. The molecule has 0 aliphatic rings. The van der Waals surface area contributed by atoms with Crippen molar-refractivity contribution in [3.8, 4) is 29.5 Å². The molecular weight excluding hydrogens is 308 g/mol. The lowest BCUT2D eigenvalue weighted by atomic mass is 10.2. The molecule has 7 nitrogen and oxygen atoms in total. The summed E-state index contributed by atoms with van der Waals surface area (Å²) in [5.41, 5.74) is 0.489. The van der Waals surface area contributed by atoms with Crippen molar-refractivity contribution in [2.24, 2.45) is 14.1 Å². The molecule has 0 saturated heterocycles. The van der Waals surface area contributed by atoms with Gasteiger partial charge in [0.05, 0.1) is 13.7 Å². The van der Waals surface area contributed by atoms with Crippen LogP contribution in [-0.2, 0) is 20.6 Å². The van der Waals surface area contributed by atoms with Gasteiger partial charge in [-0.2, -0.15) is 0 Å². The van der Waals surface area contributed by atoms with Crippen LogP contribution < -0.4 is 16.0 Å². The Bertz CT molecular complexity index is 1100. The number of aromatic nitrogens is 4. The second-order valence-corrected chi connectivity index (χ2v) is 5.34. The van der Waals surface area contributed by atoms with Gasteiger partial charge in [-0.25, -0.2) is 14.3 Å². The Balaban J connectivity index is 2.38. The van der Waals surface area contributed by atoms with E-state index in [1.165, 1.54) is 4.57 Å². The van der Waals surface area contributed by atoms with Gasteiger partial charge in [-0.1, -0.05) is 18.1 Å². The number of aryl methyl sites for hydroxylation is 2. The zero-order chi connectivity index (χ0) is 17.4. The van der Waals surface area contributed by atoms with E-state index >= 15 is 0 Å². The summed E-state index contributed by atoms with van der Waals surface area (Å²) in [7, 11) is 4.88. The lowest BCUT2D eigenvalue weighted by Gasteiger charge is -2.06. The lowest BCUT2D eigenvalue weighted by Crippen LogP contribution is -2.39. The van der Waals surface area contributed by atoms with E-state index in [-0.39, 0.29) is 6.54 Å². The number of methoxy groups -OCH3 is 1. The third-order valence-electron chi connectivity index (χ3n) is 3.94. The first kappa shape index (κ1) is 15.6. The maximum Gasteiger partial charge on any atom is 0.333 e. The van der Waals surface area contributed by atoms with Crippen LogP contribution in [0.2, 0.25) is 0 Å². The number of hydrogen-bond acceptors (Lipinski definition) is 4. The van der Waals surface area contributed by atoms with Crippen molar-refractivity contribution in [1.29, 1.82) is 0 Å². The molecule has 0 aliphatic heterocycles. The minimum Gasteiger partial charge on any atom is -0.497 e. The van der Waals surface area contributed by atoms with Crippen molar-refractivity contribution in [3.63, 3.8) is 0 Å². The van der Waals surface area contributed by atoms with E-state index in [0.29, 0.717) is 22.7 Å². The molecule has 0 saturated carbocycles. The van der Waals surface area contributed by atoms with E-state index in [1.807, 2.05) is 24.3 Å². The van der Waals surface area contributed by atoms with Crippen LogP contribution in [0, 0.1) is 12.3 Å². The summed E-state index contributed by atoms with van der Waals surface area (Å²) < 4.78 is 9.25. The van der Waals surface area contributed by atoms with Gasteiger partial charge in [0.2, 0.25) is 0 Å². The van der Waals surface area contributed by atoms with Crippen LogP contribution in [0.25, 0.3) is 22.6 Å². The smallest absolute Gasteiger partial charge is 0.333 e. The second kappa shape index (κ2) is 5.74. The highest BCUT2D eigenvalue weighted by Crippen LogP contribution is 2.24. The Hall–Kier alpha value is -3.27. The SMILES string of the molecule is C#CCn1c(=O)c2c(nc(-c3cccc(OC)c3)n2C)n(C)c1=O. The fourth-order valence-electron chi connectivity index (χ4n) is 2.69. The number of benzene rings is 1. The molecule has 0 spiro atoms. The predicted molar refractivity (Wildman–Crippen MR) is 91.0 cm³/mol. The van der Waals surface area contributed by atoms with Crippen LogP contribution >= 0.6 is 0 Å². The lowest BCUT2D eigenvalue weighted by molar-refractivity contribution is 0.415.